The van der Waals surface area contributed by atoms with Gasteiger partial charge in [-0.15, -0.1) is 0 Å². The van der Waals surface area contributed by atoms with Gasteiger partial charge in [0.1, 0.15) is 5.82 Å². The summed E-state index contributed by atoms with van der Waals surface area (Å²) in [5.41, 5.74) is 11.7. The van der Waals surface area contributed by atoms with E-state index in [-0.39, 0.29) is 5.56 Å². The monoisotopic (exact) mass is 360 g/mol. The summed E-state index contributed by atoms with van der Waals surface area (Å²) in [5.74, 6) is 0.614. The minimum absolute atomic E-state index is 0.0414. The van der Waals surface area contributed by atoms with Crippen molar-refractivity contribution in [2.75, 3.05) is 12.3 Å². The van der Waals surface area contributed by atoms with Crippen LogP contribution in [0, 0.1) is 0 Å². The van der Waals surface area contributed by atoms with Crippen LogP contribution in [-0.4, -0.2) is 21.4 Å². The Hall–Kier alpha value is -2.92. The summed E-state index contributed by atoms with van der Waals surface area (Å²) in [4.78, 5) is 22.7. The normalized spacial score (nSPS) is 14.1. The van der Waals surface area contributed by atoms with Gasteiger partial charge in [-0.2, -0.15) is 0 Å². The second-order valence-corrected chi connectivity index (χ2v) is 7.04. The van der Waals surface area contributed by atoms with Crippen LogP contribution in [-0.2, 0) is 25.9 Å². The first-order valence-corrected chi connectivity index (χ1v) is 9.41. The Morgan fingerprint density at radius 3 is 2.59 bits per heavy atom. The summed E-state index contributed by atoms with van der Waals surface area (Å²) in [5, 5.41) is 0. The van der Waals surface area contributed by atoms with E-state index < -0.39 is 0 Å². The quantitative estimate of drug-likeness (QED) is 0.701. The van der Waals surface area contributed by atoms with Gasteiger partial charge in [0.25, 0.3) is 5.56 Å². The maximum atomic E-state index is 12.7. The number of hydrogen-bond donors (Lipinski definition) is 2. The second-order valence-electron chi connectivity index (χ2n) is 7.04. The van der Waals surface area contributed by atoms with Gasteiger partial charge >= 0.3 is 0 Å². The zero-order valence-corrected chi connectivity index (χ0v) is 15.5. The van der Waals surface area contributed by atoms with Crippen molar-refractivity contribution in [2.45, 2.75) is 32.9 Å². The van der Waals surface area contributed by atoms with Gasteiger partial charge in [-0.1, -0.05) is 31.2 Å². The van der Waals surface area contributed by atoms with Crippen LogP contribution in [0.2, 0.25) is 0 Å². The molecule has 1 aliphatic heterocycles. The highest BCUT2D eigenvalue weighted by molar-refractivity contribution is 5.58. The number of aromatic amines is 1. The fraction of sp³-hybridized carbons (Fsp3) is 0.273. The van der Waals surface area contributed by atoms with E-state index in [0.717, 1.165) is 42.8 Å². The zero-order valence-electron chi connectivity index (χ0n) is 15.5. The van der Waals surface area contributed by atoms with Crippen LogP contribution in [0.4, 0.5) is 5.69 Å². The van der Waals surface area contributed by atoms with Gasteiger partial charge < -0.3 is 10.7 Å². The Morgan fingerprint density at radius 1 is 1.11 bits per heavy atom. The predicted molar refractivity (Wildman–Crippen MR) is 108 cm³/mol. The van der Waals surface area contributed by atoms with E-state index in [1.165, 1.54) is 11.1 Å². The number of H-pyrrole nitrogens is 1. The molecule has 0 unspecified atom stereocenters. The van der Waals surface area contributed by atoms with Crippen LogP contribution >= 0.6 is 0 Å². The molecule has 27 heavy (non-hydrogen) atoms. The summed E-state index contributed by atoms with van der Waals surface area (Å²) in [6.07, 6.45) is 1.81. The highest BCUT2D eigenvalue weighted by atomic mass is 16.1. The van der Waals surface area contributed by atoms with Crippen molar-refractivity contribution in [3.8, 4) is 11.4 Å². The van der Waals surface area contributed by atoms with Crippen molar-refractivity contribution in [1.29, 1.82) is 0 Å². The van der Waals surface area contributed by atoms with E-state index >= 15 is 0 Å². The average molecular weight is 360 g/mol. The Morgan fingerprint density at radius 2 is 1.85 bits per heavy atom. The molecule has 4 rings (SSSR count). The molecule has 0 bridgehead atoms. The molecule has 0 saturated carbocycles. The molecule has 5 heteroatoms. The van der Waals surface area contributed by atoms with Gasteiger partial charge in [-0.3, -0.25) is 9.69 Å². The number of nitrogens with two attached hydrogens (primary N) is 1. The summed E-state index contributed by atoms with van der Waals surface area (Å²) in [7, 11) is 0. The number of nitrogen functional groups attached to an aromatic ring is 1. The maximum absolute atomic E-state index is 12.7. The van der Waals surface area contributed by atoms with Gasteiger partial charge in [-0.25, -0.2) is 4.98 Å². The lowest BCUT2D eigenvalue weighted by molar-refractivity contribution is 0.241. The van der Waals surface area contributed by atoms with Crippen LogP contribution < -0.4 is 11.3 Å². The minimum atomic E-state index is -0.0414. The zero-order chi connectivity index (χ0) is 18.8. The molecule has 0 radical (unpaired) electrons. The molecule has 0 spiro atoms. The molecule has 2 heterocycles. The number of benzene rings is 2. The first-order chi connectivity index (χ1) is 13.1. The fourth-order valence-electron chi connectivity index (χ4n) is 3.69. The SMILES string of the molecule is CCc1ccccc1CN1CCc2nc(-c3ccc(N)cc3)[nH]c(=O)c2C1. The average Bonchev–Trinajstić information content (AvgIpc) is 2.69. The Kier molecular flexibility index (Phi) is 4.77. The lowest BCUT2D eigenvalue weighted by Crippen LogP contribution is -2.35. The van der Waals surface area contributed by atoms with E-state index in [4.69, 9.17) is 10.7 Å². The van der Waals surface area contributed by atoms with E-state index in [1.807, 2.05) is 24.3 Å². The highest BCUT2D eigenvalue weighted by Crippen LogP contribution is 2.21. The summed E-state index contributed by atoms with van der Waals surface area (Å²) < 4.78 is 0. The summed E-state index contributed by atoms with van der Waals surface area (Å²) in [6, 6.07) is 15.9. The van der Waals surface area contributed by atoms with Crippen LogP contribution in [0.5, 0.6) is 0 Å². The van der Waals surface area contributed by atoms with E-state index in [2.05, 4.69) is 41.1 Å². The van der Waals surface area contributed by atoms with Crippen molar-refractivity contribution in [3.05, 3.63) is 81.3 Å². The number of rotatable bonds is 4. The third-order valence-electron chi connectivity index (χ3n) is 5.23. The molecule has 5 nitrogen and oxygen atoms in total. The maximum Gasteiger partial charge on any atom is 0.255 e. The van der Waals surface area contributed by atoms with E-state index in [1.54, 1.807) is 0 Å². The largest absolute Gasteiger partial charge is 0.399 e. The third kappa shape index (κ3) is 3.64. The predicted octanol–water partition coefficient (Wildman–Crippen LogP) is 3.14. The van der Waals surface area contributed by atoms with Gasteiger partial charge in [0.2, 0.25) is 0 Å². The van der Waals surface area contributed by atoms with Crippen LogP contribution in [0.15, 0.2) is 53.3 Å². The van der Waals surface area contributed by atoms with Crippen molar-refractivity contribution in [1.82, 2.24) is 14.9 Å². The van der Waals surface area contributed by atoms with Crippen LogP contribution in [0.3, 0.4) is 0 Å². The number of aromatic nitrogens is 2. The molecule has 3 N–H and O–H groups in total. The minimum Gasteiger partial charge on any atom is -0.399 e. The van der Waals surface area contributed by atoms with Crippen molar-refractivity contribution in [2.24, 2.45) is 0 Å². The molecule has 2 aromatic carbocycles. The molecule has 1 aromatic heterocycles. The fourth-order valence-corrected chi connectivity index (χ4v) is 3.69. The number of hydrogen-bond acceptors (Lipinski definition) is 4. The van der Waals surface area contributed by atoms with Gasteiger partial charge in [-0.05, 0) is 41.8 Å². The van der Waals surface area contributed by atoms with E-state index in [0.29, 0.717) is 18.1 Å². The lowest BCUT2D eigenvalue weighted by Gasteiger charge is -2.28. The van der Waals surface area contributed by atoms with E-state index in [9.17, 15) is 4.79 Å². The molecule has 0 saturated heterocycles. The van der Waals surface area contributed by atoms with Crippen molar-refractivity contribution >= 4 is 5.69 Å². The summed E-state index contributed by atoms with van der Waals surface area (Å²) in [6.45, 7) is 4.58. The first kappa shape index (κ1) is 17.5. The van der Waals surface area contributed by atoms with Crippen molar-refractivity contribution < 1.29 is 0 Å². The summed E-state index contributed by atoms with van der Waals surface area (Å²) >= 11 is 0. The number of nitrogens with one attached hydrogen (secondary N) is 1. The topological polar surface area (TPSA) is 75.0 Å². The highest BCUT2D eigenvalue weighted by Gasteiger charge is 2.22. The van der Waals surface area contributed by atoms with Crippen molar-refractivity contribution in [3.63, 3.8) is 0 Å². The standard InChI is InChI=1S/C22H24N4O/c1-2-15-5-3-4-6-17(15)13-26-12-11-20-19(14-26)22(27)25-21(24-20)16-7-9-18(23)10-8-16/h3-10H,2,11-14,23H2,1H3,(H,24,25,27). The number of nitrogens with zero attached hydrogens (tertiary/aromatic N) is 2. The number of fused-ring (bicyclic) bond motifs is 1. The lowest BCUT2D eigenvalue weighted by atomic mass is 10.0. The molecule has 0 amide bonds. The van der Waals surface area contributed by atoms with Gasteiger partial charge in [0.15, 0.2) is 0 Å². The van der Waals surface area contributed by atoms with Gasteiger partial charge in [0, 0.05) is 37.3 Å². The molecular weight excluding hydrogens is 336 g/mol. The molecule has 138 valence electrons. The number of aryl methyl sites for hydroxylation is 1. The third-order valence-corrected chi connectivity index (χ3v) is 5.23. The van der Waals surface area contributed by atoms with Gasteiger partial charge in [0.05, 0.1) is 11.3 Å². The van der Waals surface area contributed by atoms with Crippen LogP contribution in [0.25, 0.3) is 11.4 Å². The molecule has 3 aromatic rings. The molecule has 0 aliphatic carbocycles. The second kappa shape index (κ2) is 7.37. The number of anilines is 1. The van der Waals surface area contributed by atoms with Crippen LogP contribution in [0.1, 0.15) is 29.3 Å². The Labute approximate surface area is 158 Å². The molecule has 1 aliphatic rings. The molecule has 0 fully saturated rings. The smallest absolute Gasteiger partial charge is 0.255 e. The first-order valence-electron chi connectivity index (χ1n) is 9.41. The molecular formula is C22H24N4O. The Balaban J connectivity index is 1.58. The molecule has 0 atom stereocenters. The Bertz CT molecular complexity index is 1010.